The fraction of sp³-hybridized carbons (Fsp3) is 0.312. The van der Waals surface area contributed by atoms with Crippen LogP contribution in [0.25, 0.3) is 5.57 Å². The van der Waals surface area contributed by atoms with Gasteiger partial charge in [-0.1, -0.05) is 49.2 Å². The summed E-state index contributed by atoms with van der Waals surface area (Å²) in [6.45, 7) is 4.02. The van der Waals surface area contributed by atoms with Crippen molar-refractivity contribution >= 4 is 23.1 Å². The zero-order valence-corrected chi connectivity index (χ0v) is 12.2. The van der Waals surface area contributed by atoms with Crippen LogP contribution in [0.5, 0.6) is 0 Å². The van der Waals surface area contributed by atoms with Crippen LogP contribution in [0.3, 0.4) is 0 Å². The maximum Gasteiger partial charge on any atom is 0.307 e. The van der Waals surface area contributed by atoms with Crippen LogP contribution >= 0.6 is 11.6 Å². The topological polar surface area (TPSA) is 37.3 Å². The van der Waals surface area contributed by atoms with Crippen molar-refractivity contribution in [3.63, 3.8) is 0 Å². The lowest BCUT2D eigenvalue weighted by atomic mass is 9.74. The quantitative estimate of drug-likeness (QED) is 0.878. The lowest BCUT2D eigenvalue weighted by Crippen LogP contribution is -2.19. The van der Waals surface area contributed by atoms with E-state index in [1.807, 2.05) is 26.0 Å². The van der Waals surface area contributed by atoms with Gasteiger partial charge >= 0.3 is 5.97 Å². The summed E-state index contributed by atoms with van der Waals surface area (Å²) < 4.78 is 13.5. The Kier molecular flexibility index (Phi) is 4.00. The fourth-order valence-electron chi connectivity index (χ4n) is 2.27. The Morgan fingerprint density at radius 2 is 2.15 bits per heavy atom. The molecule has 0 spiro atoms. The van der Waals surface area contributed by atoms with Crippen LogP contribution in [0, 0.1) is 11.2 Å². The van der Waals surface area contributed by atoms with Crippen LogP contribution in [-0.4, -0.2) is 11.1 Å². The van der Waals surface area contributed by atoms with Crippen molar-refractivity contribution in [2.75, 3.05) is 0 Å². The molecule has 0 unspecified atom stereocenters. The second-order valence-corrected chi connectivity index (χ2v) is 6.02. The summed E-state index contributed by atoms with van der Waals surface area (Å²) in [7, 11) is 0. The Hall–Kier alpha value is -1.61. The molecule has 0 radical (unpaired) electrons. The average Bonchev–Trinajstić information content (AvgIpc) is 2.35. The Balaban J connectivity index is 2.38. The minimum atomic E-state index is -0.854. The summed E-state index contributed by atoms with van der Waals surface area (Å²) in [5.41, 5.74) is 2.21. The number of rotatable bonds is 3. The predicted molar refractivity (Wildman–Crippen MR) is 78.1 cm³/mol. The van der Waals surface area contributed by atoms with Gasteiger partial charge in [0.2, 0.25) is 0 Å². The molecule has 2 nitrogen and oxygen atoms in total. The third-order valence-electron chi connectivity index (χ3n) is 3.63. The second-order valence-electron chi connectivity index (χ2n) is 5.62. The molecule has 0 atom stereocenters. The summed E-state index contributed by atoms with van der Waals surface area (Å²) in [6, 6.07) is 4.63. The van der Waals surface area contributed by atoms with E-state index in [0.717, 1.165) is 17.6 Å². The average molecular weight is 295 g/mol. The van der Waals surface area contributed by atoms with Gasteiger partial charge in [-0.25, -0.2) is 4.39 Å². The SMILES string of the molecule is CC1(C)CC=C(c2ccc(Cl)c(F)c2)C=C1CC(=O)O. The van der Waals surface area contributed by atoms with Gasteiger partial charge in [0.25, 0.3) is 0 Å². The molecule has 0 aliphatic heterocycles. The molecule has 1 aromatic carbocycles. The van der Waals surface area contributed by atoms with Gasteiger partial charge in [-0.05, 0) is 35.1 Å². The highest BCUT2D eigenvalue weighted by Crippen LogP contribution is 2.40. The zero-order chi connectivity index (χ0) is 14.9. The van der Waals surface area contributed by atoms with Crippen LogP contribution in [0.4, 0.5) is 4.39 Å². The molecule has 0 amide bonds. The Morgan fingerprint density at radius 3 is 2.75 bits per heavy atom. The third kappa shape index (κ3) is 3.10. The number of allylic oxidation sites excluding steroid dienone is 3. The largest absolute Gasteiger partial charge is 0.481 e. The van der Waals surface area contributed by atoms with Crippen LogP contribution in [0.2, 0.25) is 5.02 Å². The molecule has 1 aliphatic carbocycles. The summed E-state index contributed by atoms with van der Waals surface area (Å²) in [5.74, 6) is -1.32. The molecule has 1 N–H and O–H groups in total. The number of carbonyl (C=O) groups is 1. The van der Waals surface area contributed by atoms with Gasteiger partial charge in [0, 0.05) is 0 Å². The van der Waals surface area contributed by atoms with E-state index in [9.17, 15) is 9.18 Å². The molecule has 0 saturated heterocycles. The molecule has 4 heteroatoms. The molecule has 0 fully saturated rings. The highest BCUT2D eigenvalue weighted by atomic mass is 35.5. The highest BCUT2D eigenvalue weighted by Gasteiger charge is 2.27. The second kappa shape index (κ2) is 5.41. The van der Waals surface area contributed by atoms with Crippen molar-refractivity contribution in [2.24, 2.45) is 5.41 Å². The maximum atomic E-state index is 13.5. The molecule has 0 heterocycles. The van der Waals surface area contributed by atoms with Gasteiger partial charge in [-0.3, -0.25) is 4.79 Å². The summed E-state index contributed by atoms with van der Waals surface area (Å²) in [5, 5.41) is 9.08. The van der Waals surface area contributed by atoms with Crippen molar-refractivity contribution in [3.8, 4) is 0 Å². The number of halogens is 2. The van der Waals surface area contributed by atoms with Crippen molar-refractivity contribution < 1.29 is 14.3 Å². The zero-order valence-electron chi connectivity index (χ0n) is 11.4. The summed E-state index contributed by atoms with van der Waals surface area (Å²) in [4.78, 5) is 11.0. The van der Waals surface area contributed by atoms with Gasteiger partial charge in [-0.15, -0.1) is 0 Å². The van der Waals surface area contributed by atoms with Gasteiger partial charge in [0.1, 0.15) is 5.82 Å². The van der Waals surface area contributed by atoms with Crippen LogP contribution in [-0.2, 0) is 4.79 Å². The number of aliphatic carboxylic acids is 1. The van der Waals surface area contributed by atoms with Crippen molar-refractivity contribution in [1.29, 1.82) is 0 Å². The predicted octanol–water partition coefficient (Wildman–Crippen LogP) is 4.69. The van der Waals surface area contributed by atoms with Gasteiger partial charge in [0.05, 0.1) is 11.4 Å². The molecule has 20 heavy (non-hydrogen) atoms. The van der Waals surface area contributed by atoms with E-state index in [1.165, 1.54) is 12.1 Å². The first-order valence-corrected chi connectivity index (χ1v) is 6.76. The first kappa shape index (κ1) is 14.8. The Bertz CT molecular complexity index is 615. The normalized spacial score (nSPS) is 17.4. The van der Waals surface area contributed by atoms with Crippen molar-refractivity contribution in [2.45, 2.75) is 26.7 Å². The molecule has 106 valence electrons. The summed E-state index contributed by atoms with van der Waals surface area (Å²) in [6.07, 6.45) is 4.58. The van der Waals surface area contributed by atoms with Gasteiger partial charge in [0.15, 0.2) is 0 Å². The van der Waals surface area contributed by atoms with E-state index in [2.05, 4.69) is 0 Å². The molecule has 2 rings (SSSR count). The smallest absolute Gasteiger partial charge is 0.307 e. The van der Waals surface area contributed by atoms with E-state index in [-0.39, 0.29) is 16.9 Å². The number of hydrogen-bond acceptors (Lipinski definition) is 1. The number of hydrogen-bond donors (Lipinski definition) is 1. The lowest BCUT2D eigenvalue weighted by molar-refractivity contribution is -0.136. The minimum Gasteiger partial charge on any atom is -0.481 e. The molecule has 0 aromatic heterocycles. The molecule has 1 aliphatic rings. The first-order chi connectivity index (χ1) is 9.29. The van der Waals surface area contributed by atoms with Crippen LogP contribution < -0.4 is 0 Å². The van der Waals surface area contributed by atoms with E-state index in [1.54, 1.807) is 6.07 Å². The lowest BCUT2D eigenvalue weighted by Gasteiger charge is -2.30. The number of benzene rings is 1. The maximum absolute atomic E-state index is 13.5. The van der Waals surface area contributed by atoms with E-state index >= 15 is 0 Å². The fourth-order valence-corrected chi connectivity index (χ4v) is 2.39. The first-order valence-electron chi connectivity index (χ1n) is 6.38. The van der Waals surface area contributed by atoms with E-state index < -0.39 is 11.8 Å². The van der Waals surface area contributed by atoms with Crippen molar-refractivity contribution in [1.82, 2.24) is 0 Å². The van der Waals surface area contributed by atoms with E-state index in [0.29, 0.717) is 5.56 Å². The van der Waals surface area contributed by atoms with Crippen LogP contribution in [0.15, 0.2) is 35.9 Å². The van der Waals surface area contributed by atoms with E-state index in [4.69, 9.17) is 16.7 Å². The summed E-state index contributed by atoms with van der Waals surface area (Å²) >= 11 is 5.67. The van der Waals surface area contributed by atoms with Gasteiger partial charge < -0.3 is 5.11 Å². The molecule has 0 saturated carbocycles. The molecular formula is C16H16ClFO2. The monoisotopic (exact) mass is 294 g/mol. The van der Waals surface area contributed by atoms with Gasteiger partial charge in [-0.2, -0.15) is 0 Å². The highest BCUT2D eigenvalue weighted by molar-refractivity contribution is 6.30. The van der Waals surface area contributed by atoms with Crippen LogP contribution in [0.1, 0.15) is 32.3 Å². The Morgan fingerprint density at radius 1 is 1.45 bits per heavy atom. The standard InChI is InChI=1S/C16H16ClFO2/c1-16(2)6-5-11(7-12(16)9-15(19)20)10-3-4-13(17)14(18)8-10/h3-5,7-8H,6,9H2,1-2H3,(H,19,20). The molecule has 1 aromatic rings. The molecular weight excluding hydrogens is 279 g/mol. The van der Waals surface area contributed by atoms with Crippen molar-refractivity contribution in [3.05, 3.63) is 52.3 Å². The minimum absolute atomic E-state index is 0.000409. The number of carboxylic acids is 1. The number of carboxylic acid groups (broad SMARTS) is 1. The third-order valence-corrected chi connectivity index (χ3v) is 3.93. The Labute approximate surface area is 122 Å². The molecule has 0 bridgehead atoms.